The fourth-order valence-electron chi connectivity index (χ4n) is 2.89. The van der Waals surface area contributed by atoms with E-state index in [1.165, 1.54) is 31.5 Å². The maximum absolute atomic E-state index is 4.60. The van der Waals surface area contributed by atoms with Crippen molar-refractivity contribution in [3.8, 4) is 0 Å². The first kappa shape index (κ1) is 14.5. The van der Waals surface area contributed by atoms with Gasteiger partial charge in [0.2, 0.25) is 0 Å². The quantitative estimate of drug-likeness (QED) is 0.765. The van der Waals surface area contributed by atoms with Crippen LogP contribution in [0.15, 0.2) is 18.2 Å². The fourth-order valence-corrected chi connectivity index (χ4v) is 2.89. The molecule has 0 bridgehead atoms. The number of rotatable bonds is 7. The van der Waals surface area contributed by atoms with Crippen molar-refractivity contribution >= 4 is 0 Å². The zero-order valence-corrected chi connectivity index (χ0v) is 12.5. The van der Waals surface area contributed by atoms with Crippen LogP contribution in [0.1, 0.15) is 37.6 Å². The molecule has 19 heavy (non-hydrogen) atoms. The Morgan fingerprint density at radius 1 is 1.37 bits per heavy atom. The summed E-state index contributed by atoms with van der Waals surface area (Å²) in [5.74, 6) is 0.821. The Morgan fingerprint density at radius 2 is 2.21 bits per heavy atom. The number of nitrogens with zero attached hydrogens (tertiary/aromatic N) is 2. The summed E-state index contributed by atoms with van der Waals surface area (Å²) >= 11 is 0. The molecular weight excluding hydrogens is 234 g/mol. The van der Waals surface area contributed by atoms with Gasteiger partial charge in [-0.05, 0) is 64.4 Å². The van der Waals surface area contributed by atoms with Crippen LogP contribution in [0.25, 0.3) is 0 Å². The van der Waals surface area contributed by atoms with E-state index < -0.39 is 0 Å². The van der Waals surface area contributed by atoms with E-state index in [1.807, 2.05) is 0 Å². The first-order valence-electron chi connectivity index (χ1n) is 7.54. The van der Waals surface area contributed by atoms with Gasteiger partial charge in [-0.1, -0.05) is 13.0 Å². The molecule has 106 valence electrons. The van der Waals surface area contributed by atoms with Crippen molar-refractivity contribution in [1.82, 2.24) is 15.2 Å². The van der Waals surface area contributed by atoms with Gasteiger partial charge in [0, 0.05) is 18.3 Å². The fraction of sp³-hybridized carbons (Fsp3) is 0.688. The highest BCUT2D eigenvalue weighted by Crippen LogP contribution is 2.31. The highest BCUT2D eigenvalue weighted by atomic mass is 15.2. The number of hydrogen-bond donors (Lipinski definition) is 1. The predicted molar refractivity (Wildman–Crippen MR) is 80.1 cm³/mol. The number of pyridine rings is 1. The molecular formula is C16H27N3. The van der Waals surface area contributed by atoms with Crippen molar-refractivity contribution in [3.63, 3.8) is 0 Å². The van der Waals surface area contributed by atoms with Crippen LogP contribution in [-0.4, -0.2) is 36.1 Å². The maximum atomic E-state index is 4.60. The van der Waals surface area contributed by atoms with E-state index in [-0.39, 0.29) is 0 Å². The predicted octanol–water partition coefficient (Wildman–Crippen LogP) is 2.60. The van der Waals surface area contributed by atoms with Crippen molar-refractivity contribution in [2.45, 2.75) is 45.7 Å². The van der Waals surface area contributed by atoms with Crippen LogP contribution in [-0.2, 0) is 6.54 Å². The van der Waals surface area contributed by atoms with Crippen LogP contribution in [0.5, 0.6) is 0 Å². The van der Waals surface area contributed by atoms with Gasteiger partial charge < -0.3 is 5.32 Å². The highest BCUT2D eigenvalue weighted by molar-refractivity contribution is 5.10. The van der Waals surface area contributed by atoms with Crippen LogP contribution >= 0.6 is 0 Å². The third kappa shape index (κ3) is 4.02. The molecule has 2 rings (SSSR count). The standard InChI is InChI=1S/C16H27N3/c1-4-10-17-11-14-8-9-16(14)19(3)12-15-7-5-6-13(2)18-15/h5-7,14,16-17H,4,8-12H2,1-3H3. The molecule has 1 aliphatic carbocycles. The molecule has 0 saturated heterocycles. The molecule has 1 heterocycles. The van der Waals surface area contributed by atoms with E-state index in [2.05, 4.69) is 54.3 Å². The number of hydrogen-bond acceptors (Lipinski definition) is 3. The third-order valence-corrected chi connectivity index (χ3v) is 4.13. The molecule has 1 aromatic heterocycles. The molecule has 0 spiro atoms. The first-order valence-corrected chi connectivity index (χ1v) is 7.54. The van der Waals surface area contributed by atoms with Crippen LogP contribution in [0.2, 0.25) is 0 Å². The minimum atomic E-state index is 0.728. The summed E-state index contributed by atoms with van der Waals surface area (Å²) in [7, 11) is 2.24. The third-order valence-electron chi connectivity index (χ3n) is 4.13. The minimum Gasteiger partial charge on any atom is -0.316 e. The van der Waals surface area contributed by atoms with Crippen molar-refractivity contribution < 1.29 is 0 Å². The lowest BCUT2D eigenvalue weighted by Crippen LogP contribution is -2.48. The van der Waals surface area contributed by atoms with Gasteiger partial charge >= 0.3 is 0 Å². The Kier molecular flexibility index (Phi) is 5.34. The van der Waals surface area contributed by atoms with Gasteiger partial charge in [-0.15, -0.1) is 0 Å². The topological polar surface area (TPSA) is 28.2 Å². The molecule has 1 saturated carbocycles. The molecule has 1 aliphatic rings. The van der Waals surface area contributed by atoms with Crippen LogP contribution in [0.3, 0.4) is 0 Å². The molecule has 0 radical (unpaired) electrons. The number of aryl methyl sites for hydroxylation is 1. The molecule has 2 unspecified atom stereocenters. The average molecular weight is 261 g/mol. The molecule has 3 nitrogen and oxygen atoms in total. The lowest BCUT2D eigenvalue weighted by atomic mass is 9.78. The van der Waals surface area contributed by atoms with E-state index in [0.29, 0.717) is 0 Å². The van der Waals surface area contributed by atoms with Crippen molar-refractivity contribution in [1.29, 1.82) is 0 Å². The van der Waals surface area contributed by atoms with Crippen molar-refractivity contribution in [2.75, 3.05) is 20.1 Å². The summed E-state index contributed by atoms with van der Waals surface area (Å²) in [5, 5.41) is 3.55. The molecule has 1 aromatic rings. The van der Waals surface area contributed by atoms with E-state index >= 15 is 0 Å². The summed E-state index contributed by atoms with van der Waals surface area (Å²) in [6.07, 6.45) is 3.92. The normalized spacial score (nSPS) is 22.5. The Morgan fingerprint density at radius 3 is 2.84 bits per heavy atom. The average Bonchev–Trinajstić information content (AvgIpc) is 2.33. The maximum Gasteiger partial charge on any atom is 0.0547 e. The zero-order valence-electron chi connectivity index (χ0n) is 12.5. The van der Waals surface area contributed by atoms with Crippen molar-refractivity contribution in [2.24, 2.45) is 5.92 Å². The van der Waals surface area contributed by atoms with Crippen LogP contribution < -0.4 is 5.32 Å². The van der Waals surface area contributed by atoms with E-state index in [4.69, 9.17) is 0 Å². The van der Waals surface area contributed by atoms with E-state index in [9.17, 15) is 0 Å². The van der Waals surface area contributed by atoms with Gasteiger partial charge in [-0.25, -0.2) is 0 Å². The summed E-state index contributed by atoms with van der Waals surface area (Å²) in [5.41, 5.74) is 2.30. The van der Waals surface area contributed by atoms with E-state index in [1.54, 1.807) is 0 Å². The SMILES string of the molecule is CCCNCC1CCC1N(C)Cc1cccc(C)n1. The zero-order chi connectivity index (χ0) is 13.7. The van der Waals surface area contributed by atoms with Gasteiger partial charge in [0.25, 0.3) is 0 Å². The monoisotopic (exact) mass is 261 g/mol. The molecule has 2 atom stereocenters. The van der Waals surface area contributed by atoms with Gasteiger partial charge in [-0.3, -0.25) is 9.88 Å². The summed E-state index contributed by atoms with van der Waals surface area (Å²) in [6, 6.07) is 7.02. The lowest BCUT2D eigenvalue weighted by molar-refractivity contribution is 0.0772. The Bertz CT molecular complexity index is 391. The summed E-state index contributed by atoms with van der Waals surface area (Å²) in [4.78, 5) is 7.07. The molecule has 0 aromatic carbocycles. The Hall–Kier alpha value is -0.930. The van der Waals surface area contributed by atoms with Gasteiger partial charge in [0.05, 0.1) is 5.69 Å². The summed E-state index contributed by atoms with van der Waals surface area (Å²) < 4.78 is 0. The molecule has 3 heteroatoms. The lowest BCUT2D eigenvalue weighted by Gasteiger charge is -2.43. The second kappa shape index (κ2) is 7.01. The second-order valence-electron chi connectivity index (χ2n) is 5.79. The smallest absolute Gasteiger partial charge is 0.0547 e. The molecule has 1 fully saturated rings. The number of nitrogens with one attached hydrogen (secondary N) is 1. The first-order chi connectivity index (χ1) is 9.20. The van der Waals surface area contributed by atoms with Crippen molar-refractivity contribution in [3.05, 3.63) is 29.6 Å². The minimum absolute atomic E-state index is 0.728. The second-order valence-corrected chi connectivity index (χ2v) is 5.79. The molecule has 0 aliphatic heterocycles. The Balaban J connectivity index is 1.81. The van der Waals surface area contributed by atoms with Crippen LogP contribution in [0, 0.1) is 12.8 Å². The highest BCUT2D eigenvalue weighted by Gasteiger charge is 2.33. The molecule has 0 amide bonds. The number of aromatic nitrogens is 1. The van der Waals surface area contributed by atoms with E-state index in [0.717, 1.165) is 30.7 Å². The van der Waals surface area contributed by atoms with Crippen LogP contribution in [0.4, 0.5) is 0 Å². The van der Waals surface area contributed by atoms with Gasteiger partial charge in [0.15, 0.2) is 0 Å². The summed E-state index contributed by atoms with van der Waals surface area (Å²) in [6.45, 7) is 7.57. The molecule has 1 N–H and O–H groups in total. The van der Waals surface area contributed by atoms with Gasteiger partial charge in [0.1, 0.15) is 0 Å². The Labute approximate surface area is 117 Å². The van der Waals surface area contributed by atoms with Gasteiger partial charge in [-0.2, -0.15) is 0 Å². The largest absolute Gasteiger partial charge is 0.316 e.